The van der Waals surface area contributed by atoms with Crippen LogP contribution in [0.5, 0.6) is 0 Å². The van der Waals surface area contributed by atoms with Crippen LogP contribution in [0.2, 0.25) is 0 Å². The summed E-state index contributed by atoms with van der Waals surface area (Å²) in [4.78, 5) is 6.15. The van der Waals surface area contributed by atoms with E-state index >= 15 is 0 Å². The Balaban J connectivity index is 1.99. The van der Waals surface area contributed by atoms with Crippen LogP contribution in [-0.2, 0) is 5.54 Å². The summed E-state index contributed by atoms with van der Waals surface area (Å²) in [6.07, 6.45) is 5.89. The molecule has 1 aliphatic rings. The van der Waals surface area contributed by atoms with Gasteiger partial charge in [0.05, 0.1) is 11.2 Å². The van der Waals surface area contributed by atoms with Crippen molar-refractivity contribution in [3.05, 3.63) is 38.6 Å². The van der Waals surface area contributed by atoms with Crippen molar-refractivity contribution in [1.29, 1.82) is 0 Å². The third-order valence-corrected chi connectivity index (χ3v) is 5.75. The van der Waals surface area contributed by atoms with Crippen molar-refractivity contribution in [1.82, 2.24) is 4.98 Å². The summed E-state index contributed by atoms with van der Waals surface area (Å²) in [6.45, 7) is 2.14. The van der Waals surface area contributed by atoms with Crippen LogP contribution >= 0.6 is 27.3 Å². The minimum atomic E-state index is -0.196. The molecular weight excluding hydrogens is 332 g/mol. The molecule has 1 aromatic heterocycles. The van der Waals surface area contributed by atoms with Gasteiger partial charge >= 0.3 is 0 Å². The zero-order chi connectivity index (χ0) is 14.2. The minimum Gasteiger partial charge on any atom is -0.319 e. The third kappa shape index (κ3) is 2.69. The zero-order valence-corrected chi connectivity index (χ0v) is 14.1. The van der Waals surface area contributed by atoms with Crippen LogP contribution in [0, 0.1) is 6.92 Å². The Labute approximate surface area is 132 Å². The first kappa shape index (κ1) is 14.2. The SMILES string of the molecule is Cc1sc(C2(N)CCCCC2)nc1-c1cccc(Br)c1. The summed E-state index contributed by atoms with van der Waals surface area (Å²) < 4.78 is 1.09. The Bertz CT molecular complexity index is 615. The Morgan fingerprint density at radius 3 is 2.70 bits per heavy atom. The number of nitrogens with zero attached hydrogens (tertiary/aromatic N) is 1. The highest BCUT2D eigenvalue weighted by atomic mass is 79.9. The van der Waals surface area contributed by atoms with E-state index in [1.165, 1.54) is 29.7 Å². The first-order chi connectivity index (χ1) is 9.58. The van der Waals surface area contributed by atoms with E-state index in [0.717, 1.165) is 28.0 Å². The molecule has 0 unspecified atom stereocenters. The molecule has 0 radical (unpaired) electrons. The van der Waals surface area contributed by atoms with Crippen molar-refractivity contribution in [3.8, 4) is 11.3 Å². The van der Waals surface area contributed by atoms with Gasteiger partial charge in [0.15, 0.2) is 0 Å². The lowest BCUT2D eigenvalue weighted by atomic mass is 9.83. The number of aryl methyl sites for hydroxylation is 1. The average Bonchev–Trinajstić information content (AvgIpc) is 2.82. The lowest BCUT2D eigenvalue weighted by Crippen LogP contribution is -2.38. The number of halogens is 1. The van der Waals surface area contributed by atoms with Crippen molar-refractivity contribution in [3.63, 3.8) is 0 Å². The maximum atomic E-state index is 6.61. The zero-order valence-electron chi connectivity index (χ0n) is 11.7. The highest BCUT2D eigenvalue weighted by molar-refractivity contribution is 9.10. The van der Waals surface area contributed by atoms with Gasteiger partial charge in [-0.1, -0.05) is 47.3 Å². The maximum absolute atomic E-state index is 6.61. The predicted molar refractivity (Wildman–Crippen MR) is 88.9 cm³/mol. The van der Waals surface area contributed by atoms with E-state index < -0.39 is 0 Å². The minimum absolute atomic E-state index is 0.196. The first-order valence-corrected chi connectivity index (χ1v) is 8.72. The molecule has 20 heavy (non-hydrogen) atoms. The normalized spacial score (nSPS) is 18.1. The molecule has 0 bridgehead atoms. The molecule has 1 heterocycles. The molecule has 106 valence electrons. The molecule has 0 amide bonds. The highest BCUT2D eigenvalue weighted by Gasteiger charge is 2.33. The summed E-state index contributed by atoms with van der Waals surface area (Å²) in [7, 11) is 0. The van der Waals surface area contributed by atoms with Gasteiger partial charge in [-0.15, -0.1) is 11.3 Å². The van der Waals surface area contributed by atoms with Gasteiger partial charge in [0.25, 0.3) is 0 Å². The van der Waals surface area contributed by atoms with Gasteiger partial charge in [-0.25, -0.2) is 4.98 Å². The lowest BCUT2D eigenvalue weighted by molar-refractivity contribution is 0.301. The van der Waals surface area contributed by atoms with E-state index in [1.54, 1.807) is 11.3 Å². The van der Waals surface area contributed by atoms with E-state index in [1.807, 2.05) is 6.07 Å². The van der Waals surface area contributed by atoms with Crippen LogP contribution in [-0.4, -0.2) is 4.98 Å². The molecule has 0 saturated heterocycles. The molecule has 0 aliphatic heterocycles. The monoisotopic (exact) mass is 350 g/mol. The molecule has 1 saturated carbocycles. The van der Waals surface area contributed by atoms with Gasteiger partial charge in [-0.2, -0.15) is 0 Å². The molecular formula is C16H19BrN2S. The number of hydrogen-bond acceptors (Lipinski definition) is 3. The standard InChI is InChI=1S/C16H19BrN2S/c1-11-14(12-6-5-7-13(17)10-12)19-15(20-11)16(18)8-3-2-4-9-16/h5-7,10H,2-4,8-9,18H2,1H3. The quantitative estimate of drug-likeness (QED) is 0.827. The fourth-order valence-electron chi connectivity index (χ4n) is 2.91. The van der Waals surface area contributed by atoms with Crippen molar-refractivity contribution in [2.24, 2.45) is 5.73 Å². The smallest absolute Gasteiger partial charge is 0.113 e. The first-order valence-electron chi connectivity index (χ1n) is 7.11. The fraction of sp³-hybridized carbons (Fsp3) is 0.438. The van der Waals surface area contributed by atoms with Gasteiger partial charge < -0.3 is 5.73 Å². The fourth-order valence-corrected chi connectivity index (χ4v) is 4.40. The lowest BCUT2D eigenvalue weighted by Gasteiger charge is -2.31. The van der Waals surface area contributed by atoms with Crippen LogP contribution in [0.1, 0.15) is 42.0 Å². The second-order valence-electron chi connectivity index (χ2n) is 5.65. The summed E-state index contributed by atoms with van der Waals surface area (Å²) in [5.41, 5.74) is 8.66. The number of nitrogens with two attached hydrogens (primary N) is 1. The number of thiazole rings is 1. The summed E-state index contributed by atoms with van der Waals surface area (Å²) in [6, 6.07) is 8.32. The van der Waals surface area contributed by atoms with Gasteiger partial charge in [0.1, 0.15) is 5.01 Å². The van der Waals surface area contributed by atoms with E-state index in [4.69, 9.17) is 10.7 Å². The van der Waals surface area contributed by atoms with Crippen LogP contribution in [0.4, 0.5) is 0 Å². The molecule has 0 spiro atoms. The molecule has 0 atom stereocenters. The van der Waals surface area contributed by atoms with Crippen molar-refractivity contribution < 1.29 is 0 Å². The molecule has 2 aromatic rings. The number of hydrogen-bond donors (Lipinski definition) is 1. The van der Waals surface area contributed by atoms with Gasteiger partial charge in [0, 0.05) is 14.9 Å². The molecule has 1 fully saturated rings. The van der Waals surface area contributed by atoms with Crippen molar-refractivity contribution >= 4 is 27.3 Å². The molecule has 1 aromatic carbocycles. The van der Waals surface area contributed by atoms with Crippen LogP contribution in [0.3, 0.4) is 0 Å². The summed E-state index contributed by atoms with van der Waals surface area (Å²) in [5.74, 6) is 0. The number of benzene rings is 1. The largest absolute Gasteiger partial charge is 0.319 e. The molecule has 2 N–H and O–H groups in total. The van der Waals surface area contributed by atoms with Crippen molar-refractivity contribution in [2.45, 2.75) is 44.6 Å². The Morgan fingerprint density at radius 2 is 2.00 bits per heavy atom. The Kier molecular flexibility index (Phi) is 3.98. The van der Waals surface area contributed by atoms with Gasteiger partial charge in [-0.3, -0.25) is 0 Å². The highest BCUT2D eigenvalue weighted by Crippen LogP contribution is 2.39. The van der Waals surface area contributed by atoms with E-state index in [0.29, 0.717) is 0 Å². The van der Waals surface area contributed by atoms with Crippen LogP contribution < -0.4 is 5.73 Å². The van der Waals surface area contributed by atoms with Crippen molar-refractivity contribution in [2.75, 3.05) is 0 Å². The van der Waals surface area contributed by atoms with Gasteiger partial charge in [0.2, 0.25) is 0 Å². The Hall–Kier alpha value is -0.710. The molecule has 4 heteroatoms. The number of aromatic nitrogens is 1. The maximum Gasteiger partial charge on any atom is 0.113 e. The third-order valence-electron chi connectivity index (χ3n) is 4.07. The Morgan fingerprint density at radius 1 is 1.25 bits per heavy atom. The summed E-state index contributed by atoms with van der Waals surface area (Å²) in [5, 5.41) is 1.12. The molecule has 3 rings (SSSR count). The van der Waals surface area contributed by atoms with Crippen LogP contribution in [0.15, 0.2) is 28.7 Å². The van der Waals surface area contributed by atoms with E-state index in [2.05, 4.69) is 41.1 Å². The number of rotatable bonds is 2. The van der Waals surface area contributed by atoms with Crippen LogP contribution in [0.25, 0.3) is 11.3 Å². The molecule has 2 nitrogen and oxygen atoms in total. The predicted octanol–water partition coefficient (Wildman–Crippen LogP) is 5.00. The second-order valence-corrected chi connectivity index (χ2v) is 7.77. The summed E-state index contributed by atoms with van der Waals surface area (Å²) >= 11 is 5.30. The van der Waals surface area contributed by atoms with E-state index in [9.17, 15) is 0 Å². The van der Waals surface area contributed by atoms with Gasteiger partial charge in [-0.05, 0) is 31.9 Å². The topological polar surface area (TPSA) is 38.9 Å². The average molecular weight is 351 g/mol. The molecule has 1 aliphatic carbocycles. The van der Waals surface area contributed by atoms with E-state index in [-0.39, 0.29) is 5.54 Å². The second kappa shape index (κ2) is 5.58.